The molecular formula is C18H21FN4O3S. The van der Waals surface area contributed by atoms with Gasteiger partial charge in [-0.05, 0) is 36.1 Å². The Labute approximate surface area is 159 Å². The van der Waals surface area contributed by atoms with Crippen molar-refractivity contribution in [1.29, 1.82) is 0 Å². The molecule has 0 saturated heterocycles. The summed E-state index contributed by atoms with van der Waals surface area (Å²) in [7, 11) is 0. The second kappa shape index (κ2) is 7.91. The quantitative estimate of drug-likeness (QED) is 0.673. The van der Waals surface area contributed by atoms with Crippen molar-refractivity contribution in [2.45, 2.75) is 39.2 Å². The van der Waals surface area contributed by atoms with E-state index < -0.39 is 22.7 Å². The van der Waals surface area contributed by atoms with Gasteiger partial charge in [-0.15, -0.1) is 8.80 Å². The molecule has 2 aromatic rings. The number of nitrogens with zero attached hydrogens (tertiary/aromatic N) is 2. The number of nitrogens with one attached hydrogen (secondary N) is 2. The first-order chi connectivity index (χ1) is 12.9. The Morgan fingerprint density at radius 3 is 2.70 bits per heavy atom. The third-order valence-corrected chi connectivity index (χ3v) is 4.85. The highest BCUT2D eigenvalue weighted by atomic mass is 32.2. The minimum Gasteiger partial charge on any atom is -0.503 e. The van der Waals surface area contributed by atoms with Crippen molar-refractivity contribution < 1.29 is 18.1 Å². The average molecular weight is 392 g/mol. The van der Waals surface area contributed by atoms with Gasteiger partial charge in [0, 0.05) is 0 Å². The average Bonchev–Trinajstić information content (AvgIpc) is 3.24. The Kier molecular flexibility index (Phi) is 5.59. The van der Waals surface area contributed by atoms with Gasteiger partial charge in [0.05, 0.1) is 18.0 Å². The summed E-state index contributed by atoms with van der Waals surface area (Å²) < 4.78 is 38.9. The lowest BCUT2D eigenvalue weighted by Crippen LogP contribution is -2.36. The Morgan fingerprint density at radius 1 is 1.30 bits per heavy atom. The Morgan fingerprint density at radius 2 is 2.04 bits per heavy atom. The normalized spacial score (nSPS) is 17.6. The van der Waals surface area contributed by atoms with Crippen LogP contribution in [0.3, 0.4) is 0 Å². The van der Waals surface area contributed by atoms with Gasteiger partial charge >= 0.3 is 0 Å². The van der Waals surface area contributed by atoms with Crippen molar-refractivity contribution >= 4 is 28.5 Å². The van der Waals surface area contributed by atoms with Crippen LogP contribution >= 0.6 is 0 Å². The van der Waals surface area contributed by atoms with Gasteiger partial charge in [-0.3, -0.25) is 0 Å². The number of halogens is 1. The van der Waals surface area contributed by atoms with Gasteiger partial charge in [-0.25, -0.2) is 8.60 Å². The summed E-state index contributed by atoms with van der Waals surface area (Å²) in [5.74, 6) is 0.168. The first kappa shape index (κ1) is 19.1. The molecule has 3 rings (SSSR count). The van der Waals surface area contributed by atoms with Gasteiger partial charge in [0.25, 0.3) is 11.2 Å². The first-order valence-electron chi connectivity index (χ1n) is 8.58. The van der Waals surface area contributed by atoms with E-state index in [1.165, 1.54) is 12.1 Å². The number of phenols is 1. The maximum Gasteiger partial charge on any atom is 0.269 e. The Balaban J connectivity index is 1.79. The molecule has 1 unspecified atom stereocenters. The summed E-state index contributed by atoms with van der Waals surface area (Å²) in [5, 5.41) is 15.8. The fourth-order valence-electron chi connectivity index (χ4n) is 2.58. The molecule has 2 heterocycles. The van der Waals surface area contributed by atoms with E-state index in [1.807, 2.05) is 13.0 Å². The number of aromatic hydroxyl groups is 1. The highest BCUT2D eigenvalue weighted by molar-refractivity contribution is 7.83. The van der Waals surface area contributed by atoms with E-state index in [0.29, 0.717) is 12.3 Å². The fraction of sp³-hybridized carbons (Fsp3) is 0.333. The van der Waals surface area contributed by atoms with Gasteiger partial charge in [0.2, 0.25) is 0 Å². The zero-order chi connectivity index (χ0) is 19.6. The predicted octanol–water partition coefficient (Wildman–Crippen LogP) is 3.79. The molecule has 3 N–H and O–H groups in total. The third-order valence-electron chi connectivity index (χ3n) is 4.17. The largest absolute Gasteiger partial charge is 0.503 e. The second-order valence-electron chi connectivity index (χ2n) is 6.41. The predicted molar refractivity (Wildman–Crippen MR) is 104 cm³/mol. The standard InChI is InChI=1S/C18H21FN4O3S/c1-4-13(15-8-11(9-26-15)10(2)3)20-17-18(23-27(25)22-17)21-14-7-5-6-12(19)16(14)24/h5-10,13,24H,4H2,1-3H3,(H,20,22)(H,21,23)/t13-,27?/m1/s1. The number of hydrogen-bond donors (Lipinski definition) is 3. The summed E-state index contributed by atoms with van der Waals surface area (Å²) >= 11 is -1.80. The number of amidine groups is 2. The van der Waals surface area contributed by atoms with Gasteiger partial charge in [0.15, 0.2) is 23.2 Å². The molecule has 0 radical (unpaired) electrons. The molecule has 0 amide bonds. The van der Waals surface area contributed by atoms with Gasteiger partial charge < -0.3 is 20.2 Å². The highest BCUT2D eigenvalue weighted by Gasteiger charge is 2.25. The van der Waals surface area contributed by atoms with Crippen molar-refractivity contribution in [3.63, 3.8) is 0 Å². The smallest absolute Gasteiger partial charge is 0.269 e. The van der Waals surface area contributed by atoms with Crippen molar-refractivity contribution in [2.75, 3.05) is 5.32 Å². The van der Waals surface area contributed by atoms with Gasteiger partial charge in [-0.2, -0.15) is 0 Å². The third kappa shape index (κ3) is 4.19. The van der Waals surface area contributed by atoms with Crippen molar-refractivity contribution in [2.24, 2.45) is 8.80 Å². The molecule has 1 aromatic heterocycles. The van der Waals surface area contributed by atoms with Crippen LogP contribution in [0.2, 0.25) is 0 Å². The van der Waals surface area contributed by atoms with Gasteiger partial charge in [-0.1, -0.05) is 26.8 Å². The number of para-hydroxylation sites is 1. The molecule has 0 bridgehead atoms. The molecule has 2 atom stereocenters. The number of benzene rings is 1. The van der Waals surface area contributed by atoms with E-state index in [-0.39, 0.29) is 23.4 Å². The SMILES string of the molecule is CC[C@@H](NC1=NS(=O)N=C1Nc1cccc(F)c1O)c1cc(C(C)C)co1. The van der Waals surface area contributed by atoms with Crippen LogP contribution in [0.5, 0.6) is 5.75 Å². The van der Waals surface area contributed by atoms with E-state index in [9.17, 15) is 13.7 Å². The fourth-order valence-corrected chi connectivity index (χ4v) is 3.20. The molecule has 144 valence electrons. The van der Waals surface area contributed by atoms with E-state index in [0.717, 1.165) is 17.4 Å². The molecule has 0 aliphatic carbocycles. The lowest BCUT2D eigenvalue weighted by molar-refractivity contribution is 0.435. The number of phenolic OH excluding ortho intramolecular Hbond substituents is 1. The molecule has 27 heavy (non-hydrogen) atoms. The minimum absolute atomic E-state index is 0.107. The zero-order valence-electron chi connectivity index (χ0n) is 15.2. The molecule has 9 heteroatoms. The molecule has 0 fully saturated rings. The van der Waals surface area contributed by atoms with Crippen molar-refractivity contribution in [1.82, 2.24) is 5.32 Å². The van der Waals surface area contributed by atoms with E-state index in [2.05, 4.69) is 33.3 Å². The lowest BCUT2D eigenvalue weighted by atomic mass is 10.1. The molecule has 0 saturated carbocycles. The molecule has 1 aromatic carbocycles. The topological polar surface area (TPSA) is 99.2 Å². The molecule has 7 nitrogen and oxygen atoms in total. The Bertz CT molecular complexity index is 923. The maximum atomic E-state index is 13.5. The molecular weight excluding hydrogens is 371 g/mol. The molecule has 1 aliphatic rings. The molecule has 1 aliphatic heterocycles. The van der Waals surface area contributed by atoms with Crippen LogP contribution in [0.1, 0.15) is 50.5 Å². The summed E-state index contributed by atoms with van der Waals surface area (Å²) in [6.45, 7) is 6.13. The number of hydrogen-bond acceptors (Lipinski definition) is 5. The second-order valence-corrected chi connectivity index (χ2v) is 7.24. The van der Waals surface area contributed by atoms with Crippen LogP contribution in [0.4, 0.5) is 10.1 Å². The summed E-state index contributed by atoms with van der Waals surface area (Å²) in [6.07, 6.45) is 2.41. The van der Waals surface area contributed by atoms with E-state index >= 15 is 0 Å². The van der Waals surface area contributed by atoms with Crippen LogP contribution in [0.15, 0.2) is 43.7 Å². The van der Waals surface area contributed by atoms with Crippen LogP contribution < -0.4 is 10.6 Å². The summed E-state index contributed by atoms with van der Waals surface area (Å²) in [4.78, 5) is 0. The van der Waals surface area contributed by atoms with Crippen LogP contribution in [0.25, 0.3) is 0 Å². The summed E-state index contributed by atoms with van der Waals surface area (Å²) in [5.41, 5.74) is 1.19. The summed E-state index contributed by atoms with van der Waals surface area (Å²) in [6, 6.07) is 5.83. The first-order valence-corrected chi connectivity index (χ1v) is 9.64. The monoisotopic (exact) mass is 392 g/mol. The minimum atomic E-state index is -1.80. The lowest BCUT2D eigenvalue weighted by Gasteiger charge is -2.17. The van der Waals surface area contributed by atoms with Crippen LogP contribution in [-0.2, 0) is 11.2 Å². The van der Waals surface area contributed by atoms with Crippen LogP contribution in [-0.4, -0.2) is 21.0 Å². The number of furan rings is 1. The maximum absolute atomic E-state index is 13.5. The molecule has 0 spiro atoms. The van der Waals surface area contributed by atoms with Crippen molar-refractivity contribution in [3.05, 3.63) is 47.7 Å². The van der Waals surface area contributed by atoms with Crippen molar-refractivity contribution in [3.8, 4) is 5.75 Å². The van der Waals surface area contributed by atoms with E-state index in [1.54, 1.807) is 6.26 Å². The van der Waals surface area contributed by atoms with E-state index in [4.69, 9.17) is 4.42 Å². The zero-order valence-corrected chi connectivity index (χ0v) is 16.0. The number of anilines is 1. The van der Waals surface area contributed by atoms with Crippen LogP contribution in [0, 0.1) is 5.82 Å². The highest BCUT2D eigenvalue weighted by Crippen LogP contribution is 2.27. The number of rotatable bonds is 5. The Hall–Kier alpha value is -2.68. The van der Waals surface area contributed by atoms with Gasteiger partial charge in [0.1, 0.15) is 5.76 Å².